The minimum atomic E-state index is -0.980. The van der Waals surface area contributed by atoms with Gasteiger partial charge in [-0.3, -0.25) is 14.4 Å². The van der Waals surface area contributed by atoms with Crippen LogP contribution in [0.1, 0.15) is 45.4 Å². The van der Waals surface area contributed by atoms with Gasteiger partial charge < -0.3 is 15.3 Å². The van der Waals surface area contributed by atoms with Crippen molar-refractivity contribution in [3.63, 3.8) is 0 Å². The average molecular weight is 296 g/mol. The van der Waals surface area contributed by atoms with E-state index in [9.17, 15) is 14.4 Å². The summed E-state index contributed by atoms with van der Waals surface area (Å²) in [5.74, 6) is -0.590. The molecule has 0 aliphatic heterocycles. The smallest absolute Gasteiger partial charge is 0.323 e. The van der Waals surface area contributed by atoms with E-state index < -0.39 is 5.97 Å². The average Bonchev–Trinajstić information content (AvgIpc) is 2.93. The van der Waals surface area contributed by atoms with E-state index in [-0.39, 0.29) is 36.7 Å². The van der Waals surface area contributed by atoms with Gasteiger partial charge in [0.15, 0.2) is 0 Å². The number of carboxylic acids is 1. The van der Waals surface area contributed by atoms with Crippen LogP contribution in [0.5, 0.6) is 0 Å². The van der Waals surface area contributed by atoms with Crippen molar-refractivity contribution in [2.75, 3.05) is 13.1 Å². The number of carbonyl (C=O) groups is 3. The zero-order valence-corrected chi connectivity index (χ0v) is 12.5. The fourth-order valence-electron chi connectivity index (χ4n) is 3.04. The van der Waals surface area contributed by atoms with Gasteiger partial charge in [-0.1, -0.05) is 19.8 Å². The summed E-state index contributed by atoms with van der Waals surface area (Å²) in [5.41, 5.74) is 0. The lowest BCUT2D eigenvalue weighted by molar-refractivity contribution is -0.146. The van der Waals surface area contributed by atoms with Gasteiger partial charge in [0.25, 0.3) is 0 Å². The van der Waals surface area contributed by atoms with Gasteiger partial charge in [-0.05, 0) is 25.2 Å². The van der Waals surface area contributed by atoms with E-state index in [4.69, 9.17) is 5.11 Å². The zero-order chi connectivity index (χ0) is 15.4. The third-order valence-electron chi connectivity index (χ3n) is 4.48. The number of amides is 2. The Balaban J connectivity index is 1.77. The minimum absolute atomic E-state index is 0.0148. The molecule has 0 aromatic rings. The SMILES string of the molecule is CC1CC1C(=O)NCCC(=O)N(CC(=O)O)C1CCCC1. The Hall–Kier alpha value is -1.59. The zero-order valence-electron chi connectivity index (χ0n) is 12.5. The molecule has 0 saturated heterocycles. The molecule has 2 saturated carbocycles. The van der Waals surface area contributed by atoms with Gasteiger partial charge in [0, 0.05) is 24.9 Å². The van der Waals surface area contributed by atoms with Gasteiger partial charge in [-0.15, -0.1) is 0 Å². The molecule has 21 heavy (non-hydrogen) atoms. The first kappa shape index (κ1) is 15.8. The maximum atomic E-state index is 12.2. The van der Waals surface area contributed by atoms with Crippen LogP contribution in [0, 0.1) is 11.8 Å². The van der Waals surface area contributed by atoms with Crippen LogP contribution in [0.3, 0.4) is 0 Å². The number of nitrogens with zero attached hydrogens (tertiary/aromatic N) is 1. The van der Waals surface area contributed by atoms with E-state index in [0.717, 1.165) is 32.1 Å². The van der Waals surface area contributed by atoms with Crippen LogP contribution in [0.4, 0.5) is 0 Å². The molecule has 0 aromatic heterocycles. The number of carbonyl (C=O) groups excluding carboxylic acids is 2. The number of carboxylic acid groups (broad SMARTS) is 1. The summed E-state index contributed by atoms with van der Waals surface area (Å²) in [6, 6.07) is 0.0488. The molecule has 2 amide bonds. The number of rotatable bonds is 7. The van der Waals surface area contributed by atoms with Crippen LogP contribution in [0.25, 0.3) is 0 Å². The number of aliphatic carboxylic acids is 1. The largest absolute Gasteiger partial charge is 0.480 e. The number of hydrogen-bond acceptors (Lipinski definition) is 3. The molecule has 0 bridgehead atoms. The van der Waals surface area contributed by atoms with E-state index >= 15 is 0 Å². The topological polar surface area (TPSA) is 86.7 Å². The van der Waals surface area contributed by atoms with Crippen molar-refractivity contribution in [2.24, 2.45) is 11.8 Å². The van der Waals surface area contributed by atoms with Crippen molar-refractivity contribution >= 4 is 17.8 Å². The van der Waals surface area contributed by atoms with Crippen molar-refractivity contribution in [1.82, 2.24) is 10.2 Å². The lowest BCUT2D eigenvalue weighted by Gasteiger charge is -2.27. The summed E-state index contributed by atoms with van der Waals surface area (Å²) >= 11 is 0. The quantitative estimate of drug-likeness (QED) is 0.734. The lowest BCUT2D eigenvalue weighted by Crippen LogP contribution is -2.43. The molecule has 0 heterocycles. The van der Waals surface area contributed by atoms with Crippen molar-refractivity contribution in [3.8, 4) is 0 Å². The Morgan fingerprint density at radius 3 is 2.38 bits per heavy atom. The van der Waals surface area contributed by atoms with E-state index in [1.54, 1.807) is 0 Å². The molecule has 6 heteroatoms. The normalized spacial score (nSPS) is 24.6. The molecule has 6 nitrogen and oxygen atoms in total. The third-order valence-corrected chi connectivity index (χ3v) is 4.48. The highest BCUT2D eigenvalue weighted by Gasteiger charge is 2.38. The Morgan fingerprint density at radius 2 is 1.86 bits per heavy atom. The van der Waals surface area contributed by atoms with Gasteiger partial charge in [0.05, 0.1) is 0 Å². The number of hydrogen-bond donors (Lipinski definition) is 2. The molecule has 0 aromatic carbocycles. The summed E-state index contributed by atoms with van der Waals surface area (Å²) < 4.78 is 0. The van der Waals surface area contributed by atoms with Gasteiger partial charge in [-0.2, -0.15) is 0 Å². The minimum Gasteiger partial charge on any atom is -0.480 e. The van der Waals surface area contributed by atoms with Crippen molar-refractivity contribution in [2.45, 2.75) is 51.5 Å². The molecule has 0 spiro atoms. The second-order valence-corrected chi connectivity index (χ2v) is 6.21. The second-order valence-electron chi connectivity index (χ2n) is 6.21. The fourth-order valence-corrected chi connectivity index (χ4v) is 3.04. The molecule has 2 unspecified atom stereocenters. The monoisotopic (exact) mass is 296 g/mol. The van der Waals surface area contributed by atoms with E-state index in [0.29, 0.717) is 12.5 Å². The Labute approximate surface area is 124 Å². The van der Waals surface area contributed by atoms with Crippen LogP contribution in [-0.4, -0.2) is 46.9 Å². The van der Waals surface area contributed by atoms with Crippen LogP contribution in [-0.2, 0) is 14.4 Å². The Morgan fingerprint density at radius 1 is 1.24 bits per heavy atom. The van der Waals surface area contributed by atoms with Gasteiger partial charge in [0.1, 0.15) is 6.54 Å². The second kappa shape index (κ2) is 6.91. The molecule has 2 N–H and O–H groups in total. The van der Waals surface area contributed by atoms with Crippen LogP contribution in [0.2, 0.25) is 0 Å². The molecule has 118 valence electrons. The summed E-state index contributed by atoms with van der Waals surface area (Å²) in [6.07, 6.45) is 4.95. The first-order valence-corrected chi connectivity index (χ1v) is 7.78. The van der Waals surface area contributed by atoms with Crippen LogP contribution in [0.15, 0.2) is 0 Å². The Bertz CT molecular complexity index is 418. The molecular formula is C15H24N2O4. The predicted octanol–water partition coefficient (Wildman–Crippen LogP) is 1.00. The summed E-state index contributed by atoms with van der Waals surface area (Å²) in [5, 5.41) is 11.7. The molecule has 0 radical (unpaired) electrons. The number of nitrogens with one attached hydrogen (secondary N) is 1. The Kier molecular flexibility index (Phi) is 5.20. The molecule has 2 aliphatic carbocycles. The molecular weight excluding hydrogens is 272 g/mol. The standard InChI is InChI=1S/C15H24N2O4/c1-10-8-12(10)15(21)16-7-6-13(18)17(9-14(19)20)11-4-2-3-5-11/h10-12H,2-9H2,1H3,(H,16,21)(H,19,20). The van der Waals surface area contributed by atoms with Crippen molar-refractivity contribution < 1.29 is 19.5 Å². The van der Waals surface area contributed by atoms with Crippen molar-refractivity contribution in [3.05, 3.63) is 0 Å². The van der Waals surface area contributed by atoms with Gasteiger partial charge in [0.2, 0.25) is 11.8 Å². The fraction of sp³-hybridized carbons (Fsp3) is 0.800. The first-order valence-electron chi connectivity index (χ1n) is 7.78. The molecule has 2 atom stereocenters. The maximum Gasteiger partial charge on any atom is 0.323 e. The van der Waals surface area contributed by atoms with Crippen LogP contribution < -0.4 is 5.32 Å². The predicted molar refractivity (Wildman–Crippen MR) is 76.5 cm³/mol. The van der Waals surface area contributed by atoms with E-state index in [1.165, 1.54) is 4.90 Å². The van der Waals surface area contributed by atoms with E-state index in [1.807, 2.05) is 6.92 Å². The van der Waals surface area contributed by atoms with Crippen LogP contribution >= 0.6 is 0 Å². The summed E-state index contributed by atoms with van der Waals surface area (Å²) in [4.78, 5) is 36.3. The molecule has 2 rings (SSSR count). The first-order chi connectivity index (χ1) is 9.99. The molecule has 2 fully saturated rings. The van der Waals surface area contributed by atoms with Crippen molar-refractivity contribution in [1.29, 1.82) is 0 Å². The summed E-state index contributed by atoms with van der Waals surface area (Å²) in [6.45, 7) is 2.09. The molecule has 2 aliphatic rings. The highest BCUT2D eigenvalue weighted by atomic mass is 16.4. The third kappa shape index (κ3) is 4.44. The van der Waals surface area contributed by atoms with E-state index in [2.05, 4.69) is 5.32 Å². The van der Waals surface area contributed by atoms with Gasteiger partial charge >= 0.3 is 5.97 Å². The maximum absolute atomic E-state index is 12.2. The van der Waals surface area contributed by atoms with Gasteiger partial charge in [-0.25, -0.2) is 0 Å². The highest BCUT2D eigenvalue weighted by molar-refractivity contribution is 5.84. The highest BCUT2D eigenvalue weighted by Crippen LogP contribution is 2.37. The lowest BCUT2D eigenvalue weighted by atomic mass is 10.2. The summed E-state index contributed by atoms with van der Waals surface area (Å²) in [7, 11) is 0.